The minimum Gasteiger partial charge on any atom is -0.256 e. The third-order valence-electron chi connectivity index (χ3n) is 6.06. The number of aromatic nitrogens is 2. The SMILES string of the molecule is CC(C)(C)c1cc2c3c(nccc3c1)-c1cnc3ccccc3c1C2(C)C. The number of pyridine rings is 2. The highest BCUT2D eigenvalue weighted by molar-refractivity contribution is 6.05. The fraction of sp³-hybridized carbons (Fsp3) is 0.280. The molecule has 2 heteroatoms. The van der Waals surface area contributed by atoms with E-state index in [4.69, 9.17) is 9.97 Å². The van der Waals surface area contributed by atoms with Gasteiger partial charge in [0.2, 0.25) is 0 Å². The molecule has 2 nitrogen and oxygen atoms in total. The molecule has 0 fully saturated rings. The van der Waals surface area contributed by atoms with Gasteiger partial charge in [-0.3, -0.25) is 9.97 Å². The van der Waals surface area contributed by atoms with Crippen LogP contribution in [0, 0.1) is 0 Å². The molecule has 0 atom stereocenters. The second kappa shape index (κ2) is 5.16. The molecule has 2 aromatic carbocycles. The zero-order valence-corrected chi connectivity index (χ0v) is 16.6. The van der Waals surface area contributed by atoms with Crippen LogP contribution >= 0.6 is 0 Å². The van der Waals surface area contributed by atoms with Gasteiger partial charge in [-0.2, -0.15) is 0 Å². The molecule has 0 radical (unpaired) electrons. The molecule has 27 heavy (non-hydrogen) atoms. The molecule has 0 bridgehead atoms. The number of hydrogen-bond donors (Lipinski definition) is 0. The summed E-state index contributed by atoms with van der Waals surface area (Å²) in [6.07, 6.45) is 3.95. The monoisotopic (exact) mass is 352 g/mol. The molecule has 2 aromatic heterocycles. The fourth-order valence-electron chi connectivity index (χ4n) is 4.58. The third-order valence-corrected chi connectivity index (χ3v) is 6.06. The number of para-hydroxylation sites is 1. The first-order valence-corrected chi connectivity index (χ1v) is 9.61. The Morgan fingerprint density at radius 2 is 1.70 bits per heavy atom. The normalized spacial score (nSPS) is 15.1. The largest absolute Gasteiger partial charge is 0.256 e. The summed E-state index contributed by atoms with van der Waals surface area (Å²) >= 11 is 0. The number of nitrogens with zero attached hydrogens (tertiary/aromatic N) is 2. The molecule has 0 N–H and O–H groups in total. The number of benzene rings is 2. The van der Waals surface area contributed by atoms with E-state index in [9.17, 15) is 0 Å². The van der Waals surface area contributed by atoms with E-state index in [1.165, 1.54) is 38.4 Å². The van der Waals surface area contributed by atoms with Crippen LogP contribution in [0.3, 0.4) is 0 Å². The summed E-state index contributed by atoms with van der Waals surface area (Å²) in [7, 11) is 0. The zero-order valence-electron chi connectivity index (χ0n) is 16.6. The lowest BCUT2D eigenvalue weighted by atomic mass is 9.67. The van der Waals surface area contributed by atoms with E-state index >= 15 is 0 Å². The zero-order chi connectivity index (χ0) is 19.0. The summed E-state index contributed by atoms with van der Waals surface area (Å²) in [6.45, 7) is 11.5. The second-order valence-corrected chi connectivity index (χ2v) is 9.22. The molecule has 0 saturated heterocycles. The molecular weight excluding hydrogens is 328 g/mol. The van der Waals surface area contributed by atoms with E-state index in [0.29, 0.717) is 0 Å². The maximum absolute atomic E-state index is 4.80. The lowest BCUT2D eigenvalue weighted by Crippen LogP contribution is -2.26. The Labute approximate surface area is 160 Å². The van der Waals surface area contributed by atoms with Crippen LogP contribution in [0.4, 0.5) is 0 Å². The summed E-state index contributed by atoms with van der Waals surface area (Å²) < 4.78 is 0. The average molecular weight is 352 g/mol. The molecule has 0 saturated carbocycles. The molecule has 2 heterocycles. The molecule has 1 aliphatic rings. The highest BCUT2D eigenvalue weighted by atomic mass is 14.7. The summed E-state index contributed by atoms with van der Waals surface area (Å²) in [5.74, 6) is 0. The van der Waals surface area contributed by atoms with E-state index in [1.807, 2.05) is 12.4 Å². The van der Waals surface area contributed by atoms with Crippen LogP contribution in [0.2, 0.25) is 0 Å². The summed E-state index contributed by atoms with van der Waals surface area (Å²) in [6, 6.07) is 15.3. The van der Waals surface area contributed by atoms with Crippen molar-refractivity contribution < 1.29 is 0 Å². The van der Waals surface area contributed by atoms with E-state index in [1.54, 1.807) is 0 Å². The van der Waals surface area contributed by atoms with Crippen molar-refractivity contribution in [1.29, 1.82) is 0 Å². The Balaban J connectivity index is 1.99. The Hall–Kier alpha value is -2.74. The predicted octanol–water partition coefficient (Wildman–Crippen LogP) is 6.39. The van der Waals surface area contributed by atoms with Crippen LogP contribution in [-0.4, -0.2) is 9.97 Å². The molecular formula is C25H24N2. The molecule has 4 aromatic rings. The van der Waals surface area contributed by atoms with Crippen molar-refractivity contribution in [2.75, 3.05) is 0 Å². The van der Waals surface area contributed by atoms with Crippen molar-refractivity contribution in [2.24, 2.45) is 0 Å². The molecule has 0 amide bonds. The summed E-state index contributed by atoms with van der Waals surface area (Å²) in [5.41, 5.74) is 7.35. The van der Waals surface area contributed by atoms with Crippen LogP contribution in [0.25, 0.3) is 32.9 Å². The maximum Gasteiger partial charge on any atom is 0.0802 e. The van der Waals surface area contributed by atoms with Gasteiger partial charge in [0.15, 0.2) is 0 Å². The summed E-state index contributed by atoms with van der Waals surface area (Å²) in [5, 5.41) is 3.78. The van der Waals surface area contributed by atoms with Crippen molar-refractivity contribution in [1.82, 2.24) is 9.97 Å². The molecule has 0 aliphatic heterocycles. The topological polar surface area (TPSA) is 25.8 Å². The van der Waals surface area contributed by atoms with Gasteiger partial charge in [0.1, 0.15) is 0 Å². The molecule has 134 valence electrons. The van der Waals surface area contributed by atoms with Crippen LogP contribution < -0.4 is 0 Å². The lowest BCUT2D eigenvalue weighted by molar-refractivity contribution is 0.584. The second-order valence-electron chi connectivity index (χ2n) is 9.22. The Morgan fingerprint density at radius 3 is 2.48 bits per heavy atom. The number of fused-ring (bicyclic) bond motifs is 4. The lowest BCUT2D eigenvalue weighted by Gasteiger charge is -2.36. The minimum atomic E-state index is -0.118. The van der Waals surface area contributed by atoms with Gasteiger partial charge in [0.25, 0.3) is 0 Å². The molecule has 1 aliphatic carbocycles. The average Bonchev–Trinajstić information content (AvgIpc) is 2.64. The van der Waals surface area contributed by atoms with Crippen LogP contribution in [0.15, 0.2) is 54.9 Å². The smallest absolute Gasteiger partial charge is 0.0802 e. The highest BCUT2D eigenvalue weighted by Gasteiger charge is 2.36. The van der Waals surface area contributed by atoms with Gasteiger partial charge in [-0.25, -0.2) is 0 Å². The summed E-state index contributed by atoms with van der Waals surface area (Å²) in [4.78, 5) is 9.54. The van der Waals surface area contributed by atoms with Crippen molar-refractivity contribution >= 4 is 21.7 Å². The first-order valence-electron chi connectivity index (χ1n) is 9.61. The maximum atomic E-state index is 4.80. The standard InChI is InChI=1S/C25H24N2/c1-24(2,3)16-12-15-10-11-26-23-18-14-27-20-9-7-6-8-17(20)22(18)25(4,5)19(13-16)21(15)23/h6-14H,1-5H3. The Kier molecular flexibility index (Phi) is 3.14. The predicted molar refractivity (Wildman–Crippen MR) is 113 cm³/mol. The van der Waals surface area contributed by atoms with Gasteiger partial charge in [0.05, 0.1) is 11.2 Å². The van der Waals surface area contributed by atoms with Gasteiger partial charge < -0.3 is 0 Å². The first-order chi connectivity index (χ1) is 12.8. The number of rotatable bonds is 0. The molecule has 0 spiro atoms. The van der Waals surface area contributed by atoms with E-state index in [0.717, 1.165) is 11.2 Å². The van der Waals surface area contributed by atoms with Gasteiger partial charge in [0, 0.05) is 34.1 Å². The van der Waals surface area contributed by atoms with Crippen LogP contribution in [0.5, 0.6) is 0 Å². The van der Waals surface area contributed by atoms with E-state index in [2.05, 4.69) is 77.1 Å². The van der Waals surface area contributed by atoms with Gasteiger partial charge in [-0.1, -0.05) is 65.0 Å². The third kappa shape index (κ3) is 2.19. The molecule has 0 unspecified atom stereocenters. The first kappa shape index (κ1) is 16.4. The van der Waals surface area contributed by atoms with E-state index < -0.39 is 0 Å². The van der Waals surface area contributed by atoms with Crippen molar-refractivity contribution in [3.05, 3.63) is 71.5 Å². The Morgan fingerprint density at radius 1 is 0.926 bits per heavy atom. The Bertz CT molecular complexity index is 1230. The van der Waals surface area contributed by atoms with Gasteiger partial charge >= 0.3 is 0 Å². The fourth-order valence-corrected chi connectivity index (χ4v) is 4.58. The van der Waals surface area contributed by atoms with Gasteiger partial charge in [-0.05, 0) is 39.6 Å². The van der Waals surface area contributed by atoms with Gasteiger partial charge in [-0.15, -0.1) is 0 Å². The van der Waals surface area contributed by atoms with Crippen molar-refractivity contribution in [2.45, 2.75) is 45.4 Å². The highest BCUT2D eigenvalue weighted by Crippen LogP contribution is 2.50. The van der Waals surface area contributed by atoms with Crippen LogP contribution in [-0.2, 0) is 10.8 Å². The van der Waals surface area contributed by atoms with Crippen LogP contribution in [0.1, 0.15) is 51.3 Å². The number of hydrogen-bond acceptors (Lipinski definition) is 2. The quantitative estimate of drug-likeness (QED) is 0.366. The molecule has 5 rings (SSSR count). The van der Waals surface area contributed by atoms with Crippen molar-refractivity contribution in [3.63, 3.8) is 0 Å². The van der Waals surface area contributed by atoms with E-state index in [-0.39, 0.29) is 10.8 Å². The van der Waals surface area contributed by atoms with Crippen molar-refractivity contribution in [3.8, 4) is 11.3 Å². The minimum absolute atomic E-state index is 0.102.